The number of primary amides is 1. The Morgan fingerprint density at radius 1 is 1.00 bits per heavy atom. The van der Waals surface area contributed by atoms with Crippen molar-refractivity contribution in [1.29, 1.82) is 0 Å². The first kappa shape index (κ1) is 17.3. The normalized spacial score (nSPS) is 12.8. The third kappa shape index (κ3) is 3.17. The Labute approximate surface area is 140 Å². The van der Waals surface area contributed by atoms with Crippen LogP contribution in [0.25, 0.3) is 0 Å². The van der Waals surface area contributed by atoms with Crippen LogP contribution in [0.1, 0.15) is 22.8 Å². The van der Waals surface area contributed by atoms with E-state index >= 15 is 0 Å². The Hall–Kier alpha value is -3.02. The van der Waals surface area contributed by atoms with E-state index < -0.39 is 17.4 Å². The lowest BCUT2D eigenvalue weighted by Crippen LogP contribution is -2.52. The van der Waals surface area contributed by atoms with Crippen LogP contribution in [0.3, 0.4) is 0 Å². The highest BCUT2D eigenvalue weighted by Gasteiger charge is 2.35. The molecule has 0 aliphatic carbocycles. The molecule has 0 heterocycles. The summed E-state index contributed by atoms with van der Waals surface area (Å²) in [5.74, 6) is -0.442. The van der Waals surface area contributed by atoms with Gasteiger partial charge in [0.25, 0.3) is 5.91 Å². The average molecular weight is 328 g/mol. The van der Waals surface area contributed by atoms with Crippen LogP contribution in [0.4, 0.5) is 0 Å². The van der Waals surface area contributed by atoms with Gasteiger partial charge in [-0.25, -0.2) is 0 Å². The summed E-state index contributed by atoms with van der Waals surface area (Å²) in [5, 5.41) is 2.70. The molecule has 0 aromatic heterocycles. The van der Waals surface area contributed by atoms with Gasteiger partial charge in [-0.15, -0.1) is 0 Å². The van der Waals surface area contributed by atoms with Gasteiger partial charge in [-0.3, -0.25) is 9.59 Å². The van der Waals surface area contributed by atoms with Crippen molar-refractivity contribution in [2.24, 2.45) is 5.73 Å². The first-order chi connectivity index (χ1) is 11.4. The maximum absolute atomic E-state index is 12.7. The Bertz CT molecular complexity index is 746. The highest BCUT2D eigenvalue weighted by atomic mass is 16.5. The summed E-state index contributed by atoms with van der Waals surface area (Å²) >= 11 is 0. The lowest BCUT2D eigenvalue weighted by Gasteiger charge is -2.28. The number of nitrogens with one attached hydrogen (secondary N) is 1. The van der Waals surface area contributed by atoms with Crippen LogP contribution in [-0.4, -0.2) is 26.0 Å². The van der Waals surface area contributed by atoms with Gasteiger partial charge in [0.1, 0.15) is 5.54 Å². The molecule has 3 N–H and O–H groups in total. The summed E-state index contributed by atoms with van der Waals surface area (Å²) < 4.78 is 10.5. The highest BCUT2D eigenvalue weighted by molar-refractivity contribution is 6.01. The Morgan fingerprint density at radius 3 is 2.21 bits per heavy atom. The number of para-hydroxylation sites is 1. The van der Waals surface area contributed by atoms with Crippen molar-refractivity contribution in [2.75, 3.05) is 14.2 Å². The van der Waals surface area contributed by atoms with Crippen molar-refractivity contribution in [3.05, 3.63) is 59.7 Å². The second kappa shape index (κ2) is 7.04. The Kier molecular flexibility index (Phi) is 5.08. The van der Waals surface area contributed by atoms with Gasteiger partial charge < -0.3 is 20.5 Å². The topological polar surface area (TPSA) is 90.6 Å². The van der Waals surface area contributed by atoms with E-state index in [0.717, 1.165) is 0 Å². The van der Waals surface area contributed by atoms with E-state index in [-0.39, 0.29) is 11.3 Å². The molecule has 2 aromatic carbocycles. The number of hydrogen-bond acceptors (Lipinski definition) is 4. The lowest BCUT2D eigenvalue weighted by molar-refractivity contribution is -0.123. The monoisotopic (exact) mass is 328 g/mol. The van der Waals surface area contributed by atoms with Crippen LogP contribution < -0.4 is 20.5 Å². The smallest absolute Gasteiger partial charge is 0.256 e. The van der Waals surface area contributed by atoms with E-state index in [1.54, 1.807) is 49.4 Å². The standard InChI is InChI=1S/C18H20N2O4/c1-18(17(19)22,12-8-5-4-6-9-12)20-16(21)13-10-7-11-14(23-2)15(13)24-3/h4-11H,1-3H3,(H2,19,22)(H,20,21)/t18-/m1/s1. The minimum Gasteiger partial charge on any atom is -0.493 e. The van der Waals surface area contributed by atoms with Crippen molar-refractivity contribution in [3.8, 4) is 11.5 Å². The van der Waals surface area contributed by atoms with Gasteiger partial charge >= 0.3 is 0 Å². The summed E-state index contributed by atoms with van der Waals surface area (Å²) in [6.45, 7) is 1.56. The van der Waals surface area contributed by atoms with Gasteiger partial charge in [0, 0.05) is 0 Å². The van der Waals surface area contributed by atoms with Crippen LogP contribution in [0.2, 0.25) is 0 Å². The number of hydrogen-bond donors (Lipinski definition) is 2. The van der Waals surface area contributed by atoms with Crippen molar-refractivity contribution in [1.82, 2.24) is 5.32 Å². The van der Waals surface area contributed by atoms with Gasteiger partial charge in [0.15, 0.2) is 11.5 Å². The molecule has 2 amide bonds. The average Bonchev–Trinajstić information content (AvgIpc) is 2.61. The van der Waals surface area contributed by atoms with Crippen LogP contribution in [0, 0.1) is 0 Å². The van der Waals surface area contributed by atoms with Gasteiger partial charge in [-0.2, -0.15) is 0 Å². The molecule has 24 heavy (non-hydrogen) atoms. The number of methoxy groups -OCH3 is 2. The second-order valence-electron chi connectivity index (χ2n) is 5.35. The molecule has 0 fully saturated rings. The van der Waals surface area contributed by atoms with E-state index in [1.165, 1.54) is 14.2 Å². The van der Waals surface area contributed by atoms with Crippen LogP contribution in [0.15, 0.2) is 48.5 Å². The van der Waals surface area contributed by atoms with Gasteiger partial charge in [0.2, 0.25) is 5.91 Å². The number of carbonyl (C=O) groups is 2. The number of nitrogens with two attached hydrogens (primary N) is 1. The molecule has 2 aromatic rings. The zero-order valence-electron chi connectivity index (χ0n) is 13.8. The van der Waals surface area contributed by atoms with E-state index in [0.29, 0.717) is 11.3 Å². The predicted octanol–water partition coefficient (Wildman–Crippen LogP) is 1.83. The minimum absolute atomic E-state index is 0.250. The summed E-state index contributed by atoms with van der Waals surface area (Å²) in [6, 6.07) is 13.8. The van der Waals surface area contributed by atoms with Gasteiger partial charge in [0.05, 0.1) is 19.8 Å². The lowest BCUT2D eigenvalue weighted by atomic mass is 9.90. The van der Waals surface area contributed by atoms with E-state index in [4.69, 9.17) is 15.2 Å². The number of rotatable bonds is 6. The van der Waals surface area contributed by atoms with Crippen molar-refractivity contribution >= 4 is 11.8 Å². The maximum atomic E-state index is 12.7. The van der Waals surface area contributed by atoms with Crippen LogP contribution in [-0.2, 0) is 10.3 Å². The molecule has 0 spiro atoms. The quantitative estimate of drug-likeness (QED) is 0.846. The predicted molar refractivity (Wildman–Crippen MR) is 90.0 cm³/mol. The molecule has 6 heteroatoms. The third-order valence-corrected chi connectivity index (χ3v) is 3.86. The zero-order chi connectivity index (χ0) is 17.7. The summed E-state index contributed by atoms with van der Waals surface area (Å²) in [7, 11) is 2.93. The fourth-order valence-corrected chi connectivity index (χ4v) is 2.41. The van der Waals surface area contributed by atoms with Gasteiger partial charge in [-0.05, 0) is 24.6 Å². The molecule has 0 radical (unpaired) electrons. The Morgan fingerprint density at radius 2 is 1.67 bits per heavy atom. The maximum Gasteiger partial charge on any atom is 0.256 e. The number of ether oxygens (including phenoxy) is 2. The van der Waals surface area contributed by atoms with E-state index in [1.807, 2.05) is 6.07 Å². The molecule has 0 saturated heterocycles. The molecular formula is C18H20N2O4. The second-order valence-corrected chi connectivity index (χ2v) is 5.35. The molecular weight excluding hydrogens is 308 g/mol. The van der Waals surface area contributed by atoms with E-state index in [2.05, 4.69) is 5.32 Å². The first-order valence-corrected chi connectivity index (χ1v) is 7.33. The Balaban J connectivity index is 2.42. The SMILES string of the molecule is COc1cccc(C(=O)N[C@@](C)(C(N)=O)c2ccccc2)c1OC. The molecule has 0 saturated carbocycles. The molecule has 0 unspecified atom stereocenters. The van der Waals surface area contributed by atoms with E-state index in [9.17, 15) is 9.59 Å². The molecule has 6 nitrogen and oxygen atoms in total. The third-order valence-electron chi connectivity index (χ3n) is 3.86. The highest BCUT2D eigenvalue weighted by Crippen LogP contribution is 2.31. The number of carbonyl (C=O) groups excluding carboxylic acids is 2. The van der Waals surface area contributed by atoms with Crippen molar-refractivity contribution < 1.29 is 19.1 Å². The fraction of sp³-hybridized carbons (Fsp3) is 0.222. The minimum atomic E-state index is -1.35. The molecule has 0 bridgehead atoms. The van der Waals surface area contributed by atoms with Crippen LogP contribution >= 0.6 is 0 Å². The molecule has 0 aliphatic rings. The van der Waals surface area contributed by atoms with Crippen LogP contribution in [0.5, 0.6) is 11.5 Å². The first-order valence-electron chi connectivity index (χ1n) is 7.33. The molecule has 0 aliphatic heterocycles. The van der Waals surface area contributed by atoms with Crippen molar-refractivity contribution in [3.63, 3.8) is 0 Å². The fourth-order valence-electron chi connectivity index (χ4n) is 2.41. The molecule has 126 valence electrons. The summed E-state index contributed by atoms with van der Waals surface area (Å²) in [4.78, 5) is 24.7. The largest absolute Gasteiger partial charge is 0.493 e. The molecule has 2 rings (SSSR count). The van der Waals surface area contributed by atoms with Gasteiger partial charge in [-0.1, -0.05) is 36.4 Å². The number of amides is 2. The zero-order valence-corrected chi connectivity index (χ0v) is 13.8. The summed E-state index contributed by atoms with van der Waals surface area (Å²) in [6.07, 6.45) is 0. The number of benzene rings is 2. The summed E-state index contributed by atoms with van der Waals surface area (Å²) in [5.41, 5.74) is 5.03. The van der Waals surface area contributed by atoms with Crippen molar-refractivity contribution in [2.45, 2.75) is 12.5 Å². The molecule has 1 atom stereocenters.